The van der Waals surface area contributed by atoms with Gasteiger partial charge in [0.15, 0.2) is 0 Å². The van der Waals surface area contributed by atoms with E-state index in [0.717, 1.165) is 30.4 Å². The van der Waals surface area contributed by atoms with Crippen molar-refractivity contribution in [3.05, 3.63) is 77.3 Å². The number of anilines is 2. The van der Waals surface area contributed by atoms with Crippen molar-refractivity contribution in [3.8, 4) is 11.1 Å². The highest BCUT2D eigenvalue weighted by Gasteiger charge is 2.32. The predicted molar refractivity (Wildman–Crippen MR) is 140 cm³/mol. The van der Waals surface area contributed by atoms with Gasteiger partial charge in [-0.2, -0.15) is 4.57 Å². The van der Waals surface area contributed by atoms with Crippen LogP contribution < -0.4 is 9.47 Å². The van der Waals surface area contributed by atoms with E-state index >= 15 is 0 Å². The van der Waals surface area contributed by atoms with Crippen LogP contribution >= 0.6 is 15.9 Å². The van der Waals surface area contributed by atoms with Crippen LogP contribution in [0.5, 0.6) is 0 Å². The van der Waals surface area contributed by atoms with Crippen LogP contribution in [-0.2, 0) is 6.54 Å². The van der Waals surface area contributed by atoms with Gasteiger partial charge < -0.3 is 4.90 Å². The molecular formula is C29H26BrN2+. The Morgan fingerprint density at radius 3 is 2.44 bits per heavy atom. The maximum absolute atomic E-state index is 3.67. The molecule has 0 N–H and O–H groups in total. The highest BCUT2D eigenvalue weighted by molar-refractivity contribution is 9.10. The maximum Gasteiger partial charge on any atom is 0.215 e. The van der Waals surface area contributed by atoms with Gasteiger partial charge in [-0.15, -0.1) is 0 Å². The standard InChI is InChI=1S/C29H26BrN2/c1-3-16-31-23-9-6-5-8-22(23)28-27-21-14-13-20(30)18-19(21)12-15-26(27)32(17-4-2)25-11-7-10-24(31)29(25)28/h5-15,18H,3-4,16-17H2,1-2H3/q+1. The monoisotopic (exact) mass is 481 g/mol. The zero-order valence-electron chi connectivity index (χ0n) is 18.5. The van der Waals surface area contributed by atoms with Gasteiger partial charge in [-0.05, 0) is 47.5 Å². The summed E-state index contributed by atoms with van der Waals surface area (Å²) in [5, 5.41) is 5.32. The number of fused-ring (bicyclic) bond motifs is 6. The molecular weight excluding hydrogens is 456 g/mol. The summed E-state index contributed by atoms with van der Waals surface area (Å²) in [7, 11) is 0. The van der Waals surface area contributed by atoms with Crippen molar-refractivity contribution >= 4 is 59.9 Å². The summed E-state index contributed by atoms with van der Waals surface area (Å²) in [6.07, 6.45) is 2.21. The molecule has 6 rings (SSSR count). The SMILES string of the molecule is CCCN1c2ccc3cc(Br)ccc3c2-c2c3ccccc3[n+](CCC)c3cccc1c23. The number of halogens is 1. The van der Waals surface area contributed by atoms with Crippen LogP contribution in [0, 0.1) is 0 Å². The lowest BCUT2D eigenvalue weighted by Crippen LogP contribution is -2.36. The molecule has 2 nitrogen and oxygen atoms in total. The highest BCUT2D eigenvalue weighted by atomic mass is 79.9. The summed E-state index contributed by atoms with van der Waals surface area (Å²) in [6.45, 7) is 6.56. The number of para-hydroxylation sites is 1. The van der Waals surface area contributed by atoms with Crippen LogP contribution in [0.3, 0.4) is 0 Å². The molecule has 0 amide bonds. The van der Waals surface area contributed by atoms with E-state index in [2.05, 4.69) is 112 Å². The Morgan fingerprint density at radius 1 is 0.750 bits per heavy atom. The second-order valence-electron chi connectivity index (χ2n) is 8.69. The zero-order valence-corrected chi connectivity index (χ0v) is 20.1. The van der Waals surface area contributed by atoms with Crippen LogP contribution in [0.2, 0.25) is 0 Å². The number of aromatic nitrogens is 1. The maximum atomic E-state index is 3.67. The van der Waals surface area contributed by atoms with E-state index in [-0.39, 0.29) is 0 Å². The minimum atomic E-state index is 1.01. The lowest BCUT2D eigenvalue weighted by molar-refractivity contribution is -0.645. The Hall–Kier alpha value is -2.91. The molecule has 1 aliphatic rings. The zero-order chi connectivity index (χ0) is 21.8. The number of rotatable bonds is 4. The Morgan fingerprint density at radius 2 is 1.59 bits per heavy atom. The van der Waals surface area contributed by atoms with Crippen molar-refractivity contribution in [2.45, 2.75) is 33.2 Å². The number of pyridine rings is 1. The molecule has 158 valence electrons. The first-order valence-electron chi connectivity index (χ1n) is 11.6. The van der Waals surface area contributed by atoms with Crippen LogP contribution in [0.15, 0.2) is 77.3 Å². The molecule has 0 spiro atoms. The molecule has 1 aliphatic heterocycles. The van der Waals surface area contributed by atoms with Crippen molar-refractivity contribution in [1.82, 2.24) is 0 Å². The van der Waals surface area contributed by atoms with E-state index < -0.39 is 0 Å². The van der Waals surface area contributed by atoms with Gasteiger partial charge in [0.2, 0.25) is 11.0 Å². The second-order valence-corrected chi connectivity index (χ2v) is 9.61. The van der Waals surface area contributed by atoms with E-state index in [1.54, 1.807) is 0 Å². The minimum Gasteiger partial charge on any atom is -0.340 e. The molecule has 2 heterocycles. The first-order valence-corrected chi connectivity index (χ1v) is 12.4. The van der Waals surface area contributed by atoms with Gasteiger partial charge in [-0.25, -0.2) is 0 Å². The molecule has 0 radical (unpaired) electrons. The smallest absolute Gasteiger partial charge is 0.215 e. The molecule has 3 heteroatoms. The summed E-state index contributed by atoms with van der Waals surface area (Å²) in [4.78, 5) is 2.54. The van der Waals surface area contributed by atoms with Gasteiger partial charge in [0.05, 0.1) is 16.5 Å². The quantitative estimate of drug-likeness (QED) is 0.185. The summed E-state index contributed by atoms with van der Waals surface area (Å²) < 4.78 is 3.64. The van der Waals surface area contributed by atoms with E-state index in [9.17, 15) is 0 Å². The molecule has 0 saturated heterocycles. The largest absolute Gasteiger partial charge is 0.340 e. The molecule has 1 aromatic heterocycles. The fraction of sp³-hybridized carbons (Fsp3) is 0.207. The first kappa shape index (κ1) is 19.8. The van der Waals surface area contributed by atoms with E-state index in [1.807, 2.05) is 0 Å². The molecule has 0 unspecified atom stereocenters. The van der Waals surface area contributed by atoms with E-state index in [4.69, 9.17) is 0 Å². The Kier molecular flexibility index (Phi) is 4.69. The van der Waals surface area contributed by atoms with E-state index in [0.29, 0.717) is 0 Å². The molecule has 5 aromatic rings. The summed E-state index contributed by atoms with van der Waals surface area (Å²) >= 11 is 3.67. The Labute approximate surface area is 197 Å². The molecule has 0 saturated carbocycles. The lowest BCUT2D eigenvalue weighted by Gasteiger charge is -2.34. The fourth-order valence-corrected chi connectivity index (χ4v) is 5.89. The fourth-order valence-electron chi connectivity index (χ4n) is 5.51. The van der Waals surface area contributed by atoms with Crippen molar-refractivity contribution in [2.75, 3.05) is 11.4 Å². The van der Waals surface area contributed by atoms with Gasteiger partial charge in [-0.1, -0.05) is 60.1 Å². The van der Waals surface area contributed by atoms with Gasteiger partial charge in [0.25, 0.3) is 0 Å². The number of nitrogens with zero attached hydrogens (tertiary/aromatic N) is 2. The van der Waals surface area contributed by atoms with Crippen LogP contribution in [0.25, 0.3) is 43.7 Å². The highest BCUT2D eigenvalue weighted by Crippen LogP contribution is 2.52. The second kappa shape index (κ2) is 7.60. The number of hydrogen-bond acceptors (Lipinski definition) is 1. The molecule has 0 aliphatic carbocycles. The average molecular weight is 482 g/mol. The van der Waals surface area contributed by atoms with Crippen molar-refractivity contribution < 1.29 is 4.57 Å². The average Bonchev–Trinajstić information content (AvgIpc) is 2.82. The van der Waals surface area contributed by atoms with Crippen LogP contribution in [0.4, 0.5) is 11.4 Å². The van der Waals surface area contributed by atoms with Crippen LogP contribution in [0.1, 0.15) is 26.7 Å². The van der Waals surface area contributed by atoms with Crippen LogP contribution in [-0.4, -0.2) is 6.54 Å². The summed E-state index contributed by atoms with van der Waals surface area (Å²) in [5.41, 5.74) is 8.05. The van der Waals surface area contributed by atoms with E-state index in [1.165, 1.54) is 55.1 Å². The third-order valence-corrected chi connectivity index (χ3v) is 7.20. The predicted octanol–water partition coefficient (Wildman–Crippen LogP) is 8.13. The first-order chi connectivity index (χ1) is 15.7. The minimum absolute atomic E-state index is 1.01. The third kappa shape index (κ3) is 2.74. The Balaban J connectivity index is 1.88. The number of hydrogen-bond donors (Lipinski definition) is 0. The number of aryl methyl sites for hydroxylation is 1. The van der Waals surface area contributed by atoms with Gasteiger partial charge >= 0.3 is 0 Å². The van der Waals surface area contributed by atoms with Crippen molar-refractivity contribution in [1.29, 1.82) is 0 Å². The Bertz CT molecular complexity index is 1520. The molecule has 32 heavy (non-hydrogen) atoms. The topological polar surface area (TPSA) is 7.12 Å². The van der Waals surface area contributed by atoms with Gasteiger partial charge in [-0.3, -0.25) is 0 Å². The molecule has 0 bridgehead atoms. The molecule has 0 atom stereocenters. The summed E-state index contributed by atoms with van der Waals surface area (Å²) in [5.74, 6) is 0. The van der Waals surface area contributed by atoms with Crippen molar-refractivity contribution in [2.24, 2.45) is 0 Å². The normalized spacial score (nSPS) is 12.7. The summed E-state index contributed by atoms with van der Waals surface area (Å²) in [6, 6.07) is 27.1. The lowest BCUT2D eigenvalue weighted by atomic mass is 9.86. The molecule has 0 fully saturated rings. The third-order valence-electron chi connectivity index (χ3n) is 6.71. The van der Waals surface area contributed by atoms with Gasteiger partial charge in [0, 0.05) is 46.4 Å². The molecule has 4 aromatic carbocycles. The van der Waals surface area contributed by atoms with Crippen molar-refractivity contribution in [3.63, 3.8) is 0 Å². The van der Waals surface area contributed by atoms with Gasteiger partial charge in [0.1, 0.15) is 6.54 Å². The number of benzene rings is 4.